The monoisotopic (exact) mass is 308 g/mol. The van der Waals surface area contributed by atoms with Gasteiger partial charge in [-0.05, 0) is 56.3 Å². The minimum absolute atomic E-state index is 0.126. The average Bonchev–Trinajstić information content (AvgIpc) is 2.42. The first-order chi connectivity index (χ1) is 10.5. The largest absolute Gasteiger partial charge is 0.456 e. The van der Waals surface area contributed by atoms with E-state index in [0.29, 0.717) is 0 Å². The molecule has 4 fully saturated rings. The van der Waals surface area contributed by atoms with Crippen LogP contribution in [0, 0.1) is 17.8 Å². The molecule has 6 heteroatoms. The van der Waals surface area contributed by atoms with Crippen molar-refractivity contribution in [2.75, 3.05) is 6.61 Å². The quantitative estimate of drug-likeness (QED) is 0.775. The Morgan fingerprint density at radius 3 is 2.09 bits per heavy atom. The second-order valence-electron chi connectivity index (χ2n) is 7.21. The summed E-state index contributed by atoms with van der Waals surface area (Å²) in [6.45, 7) is 1.25. The van der Waals surface area contributed by atoms with Crippen molar-refractivity contribution in [3.63, 3.8) is 0 Å². The van der Waals surface area contributed by atoms with Crippen LogP contribution in [0.15, 0.2) is 0 Å². The van der Waals surface area contributed by atoms with Crippen molar-refractivity contribution < 1.29 is 19.1 Å². The zero-order valence-electron chi connectivity index (χ0n) is 13.0. The van der Waals surface area contributed by atoms with E-state index < -0.39 is 24.5 Å². The smallest absolute Gasteiger partial charge is 0.321 e. The summed E-state index contributed by atoms with van der Waals surface area (Å²) in [5.41, 5.74) is -0.126. The van der Waals surface area contributed by atoms with Gasteiger partial charge in [-0.2, -0.15) is 0 Å². The number of amides is 3. The Labute approximate surface area is 130 Å². The summed E-state index contributed by atoms with van der Waals surface area (Å²) in [6.07, 6.45) is 7.21. The average molecular weight is 308 g/mol. The molecule has 0 atom stereocenters. The fourth-order valence-corrected chi connectivity index (χ4v) is 4.95. The van der Waals surface area contributed by atoms with E-state index >= 15 is 0 Å². The van der Waals surface area contributed by atoms with Crippen LogP contribution in [0.2, 0.25) is 0 Å². The molecule has 0 radical (unpaired) electrons. The summed E-state index contributed by atoms with van der Waals surface area (Å²) >= 11 is 0. The van der Waals surface area contributed by atoms with E-state index in [9.17, 15) is 14.4 Å². The fraction of sp³-hybridized carbons (Fsp3) is 0.812. The topological polar surface area (TPSA) is 84.5 Å². The van der Waals surface area contributed by atoms with Gasteiger partial charge in [0.05, 0.1) is 0 Å². The van der Waals surface area contributed by atoms with Crippen LogP contribution in [0.4, 0.5) is 4.79 Å². The van der Waals surface area contributed by atoms with Crippen LogP contribution in [-0.2, 0) is 14.3 Å². The first kappa shape index (κ1) is 15.3. The molecule has 2 N–H and O–H groups in total. The molecule has 4 bridgehead atoms. The highest BCUT2D eigenvalue weighted by atomic mass is 16.5. The molecule has 0 aromatic rings. The van der Waals surface area contributed by atoms with Crippen molar-refractivity contribution in [2.24, 2.45) is 17.8 Å². The summed E-state index contributed by atoms with van der Waals surface area (Å²) in [5, 5.41) is 5.31. The minimum Gasteiger partial charge on any atom is -0.456 e. The zero-order valence-corrected chi connectivity index (χ0v) is 13.0. The molecule has 4 rings (SSSR count). The molecule has 0 saturated heterocycles. The lowest BCUT2D eigenvalue weighted by atomic mass is 9.53. The molecule has 0 aliphatic heterocycles. The number of hydrogen-bond acceptors (Lipinski definition) is 4. The van der Waals surface area contributed by atoms with Gasteiger partial charge in [0.1, 0.15) is 0 Å². The van der Waals surface area contributed by atoms with Crippen LogP contribution in [0.25, 0.3) is 0 Å². The van der Waals surface area contributed by atoms with E-state index in [4.69, 9.17) is 4.74 Å². The van der Waals surface area contributed by atoms with Gasteiger partial charge in [-0.1, -0.05) is 6.92 Å². The van der Waals surface area contributed by atoms with Gasteiger partial charge in [-0.25, -0.2) is 4.79 Å². The van der Waals surface area contributed by atoms with Crippen molar-refractivity contribution in [1.82, 2.24) is 10.6 Å². The van der Waals surface area contributed by atoms with Crippen LogP contribution < -0.4 is 10.6 Å². The van der Waals surface area contributed by atoms with Crippen LogP contribution in [0.5, 0.6) is 0 Å². The molecule has 122 valence electrons. The molecule has 0 aromatic carbocycles. The van der Waals surface area contributed by atoms with Crippen molar-refractivity contribution >= 4 is 17.9 Å². The summed E-state index contributed by atoms with van der Waals surface area (Å²) in [4.78, 5) is 34.7. The number of rotatable bonds is 4. The molecule has 22 heavy (non-hydrogen) atoms. The lowest BCUT2D eigenvalue weighted by molar-refractivity contribution is -0.147. The lowest BCUT2D eigenvalue weighted by Gasteiger charge is -2.56. The number of hydrogen-bond donors (Lipinski definition) is 2. The molecule has 0 heterocycles. The Balaban J connectivity index is 1.49. The third-order valence-corrected chi connectivity index (χ3v) is 5.32. The van der Waals surface area contributed by atoms with Gasteiger partial charge >= 0.3 is 12.0 Å². The van der Waals surface area contributed by atoms with Crippen molar-refractivity contribution in [3.8, 4) is 0 Å². The van der Waals surface area contributed by atoms with Gasteiger partial charge in [0.15, 0.2) is 6.61 Å². The second kappa shape index (κ2) is 5.89. The molecule has 6 nitrogen and oxygen atoms in total. The Morgan fingerprint density at radius 2 is 1.59 bits per heavy atom. The maximum atomic E-state index is 12.1. The standard InChI is InChI=1S/C16H24N2O4/c1-2-14(20)22-9-13(19)17-15(21)18-16-6-10-3-11(7-16)5-12(4-10)8-16/h10-12H,2-9H2,1H3,(H2,17,18,19,21). The summed E-state index contributed by atoms with van der Waals surface area (Å²) in [5.74, 6) is 1.16. The predicted octanol–water partition coefficient (Wildman–Crippen LogP) is 1.73. The highest BCUT2D eigenvalue weighted by molar-refractivity contribution is 5.95. The van der Waals surface area contributed by atoms with Gasteiger partial charge in [0.25, 0.3) is 5.91 Å². The molecule has 4 aliphatic rings. The zero-order chi connectivity index (χ0) is 15.7. The van der Waals surface area contributed by atoms with Crippen LogP contribution in [0.1, 0.15) is 51.9 Å². The highest BCUT2D eigenvalue weighted by Crippen LogP contribution is 2.55. The lowest BCUT2D eigenvalue weighted by Crippen LogP contribution is -2.62. The van der Waals surface area contributed by atoms with Crippen molar-refractivity contribution in [3.05, 3.63) is 0 Å². The number of carbonyl (C=O) groups is 3. The summed E-state index contributed by atoms with van der Waals surface area (Å²) in [7, 11) is 0. The summed E-state index contributed by atoms with van der Waals surface area (Å²) < 4.78 is 4.72. The van der Waals surface area contributed by atoms with Gasteiger partial charge in [-0.15, -0.1) is 0 Å². The Kier molecular flexibility index (Phi) is 4.10. The second-order valence-corrected chi connectivity index (χ2v) is 7.21. The van der Waals surface area contributed by atoms with Gasteiger partial charge in [0, 0.05) is 12.0 Å². The maximum absolute atomic E-state index is 12.1. The first-order valence-electron chi connectivity index (χ1n) is 8.25. The number of imide groups is 1. The molecule has 4 saturated carbocycles. The van der Waals surface area contributed by atoms with Crippen LogP contribution in [-0.4, -0.2) is 30.1 Å². The Bertz CT molecular complexity index is 453. The number of ether oxygens (including phenoxy) is 1. The number of urea groups is 1. The van der Waals surface area contributed by atoms with E-state index in [2.05, 4.69) is 10.6 Å². The third kappa shape index (κ3) is 3.25. The minimum atomic E-state index is -0.580. The molecule has 0 spiro atoms. The molecule has 3 amide bonds. The van der Waals surface area contributed by atoms with Crippen LogP contribution >= 0.6 is 0 Å². The maximum Gasteiger partial charge on any atom is 0.321 e. The Morgan fingerprint density at radius 1 is 1.05 bits per heavy atom. The van der Waals surface area contributed by atoms with E-state index in [-0.39, 0.29) is 12.0 Å². The summed E-state index contributed by atoms with van der Waals surface area (Å²) in [6, 6.07) is -0.459. The molecule has 0 aromatic heterocycles. The van der Waals surface area contributed by atoms with Gasteiger partial charge in [-0.3, -0.25) is 14.9 Å². The molecule has 4 aliphatic carbocycles. The van der Waals surface area contributed by atoms with Gasteiger partial charge < -0.3 is 10.1 Å². The SMILES string of the molecule is CCC(=O)OCC(=O)NC(=O)NC12CC3CC(CC(C3)C1)C2. The molecular formula is C16H24N2O4. The van der Waals surface area contributed by atoms with E-state index in [0.717, 1.165) is 37.0 Å². The Hall–Kier alpha value is -1.59. The van der Waals surface area contributed by atoms with Crippen molar-refractivity contribution in [2.45, 2.75) is 57.4 Å². The number of carbonyl (C=O) groups excluding carboxylic acids is 3. The van der Waals surface area contributed by atoms with Gasteiger partial charge in [0.2, 0.25) is 0 Å². The van der Waals surface area contributed by atoms with E-state index in [1.165, 1.54) is 19.3 Å². The normalized spacial score (nSPS) is 35.0. The first-order valence-corrected chi connectivity index (χ1v) is 8.25. The number of nitrogens with one attached hydrogen (secondary N) is 2. The highest BCUT2D eigenvalue weighted by Gasteiger charge is 2.51. The predicted molar refractivity (Wildman–Crippen MR) is 78.8 cm³/mol. The number of esters is 1. The third-order valence-electron chi connectivity index (χ3n) is 5.32. The van der Waals surface area contributed by atoms with Crippen molar-refractivity contribution in [1.29, 1.82) is 0 Å². The van der Waals surface area contributed by atoms with Crippen LogP contribution in [0.3, 0.4) is 0 Å². The molecular weight excluding hydrogens is 284 g/mol. The fourth-order valence-electron chi connectivity index (χ4n) is 4.95. The molecule has 0 unspecified atom stereocenters. The van der Waals surface area contributed by atoms with E-state index in [1.54, 1.807) is 6.92 Å². The van der Waals surface area contributed by atoms with E-state index in [1.807, 2.05) is 0 Å².